The Morgan fingerprint density at radius 1 is 0.800 bits per heavy atom. The Hall–Kier alpha value is -3.11. The maximum Gasteiger partial charge on any atom is 0.416 e. The Morgan fingerprint density at radius 3 is 2.20 bits per heavy atom. The number of fused-ring (bicyclic) bond motifs is 3. The zero-order chi connectivity index (χ0) is 20.8. The van der Waals surface area contributed by atoms with Gasteiger partial charge in [0.1, 0.15) is 11.7 Å². The van der Waals surface area contributed by atoms with Gasteiger partial charge in [-0.1, -0.05) is 85.0 Å². The number of benzene rings is 3. The van der Waals surface area contributed by atoms with Crippen molar-refractivity contribution in [2.75, 3.05) is 0 Å². The molecule has 0 amide bonds. The van der Waals surface area contributed by atoms with Gasteiger partial charge >= 0.3 is 6.18 Å². The van der Waals surface area contributed by atoms with Gasteiger partial charge in [-0.2, -0.15) is 13.2 Å². The number of hydrogen-bond acceptors (Lipinski definition) is 1. The van der Waals surface area contributed by atoms with Crippen LogP contribution in [0.2, 0.25) is 0 Å². The van der Waals surface area contributed by atoms with Crippen LogP contribution in [0.15, 0.2) is 91.0 Å². The molecule has 1 nitrogen and oxygen atoms in total. The highest BCUT2D eigenvalue weighted by atomic mass is 19.4. The third kappa shape index (κ3) is 3.08. The topological polar surface area (TPSA) is 9.23 Å². The third-order valence-corrected chi connectivity index (χ3v) is 5.89. The Balaban J connectivity index is 1.62. The first-order valence-electron chi connectivity index (χ1n) is 9.86. The molecule has 5 rings (SSSR count). The fourth-order valence-electron chi connectivity index (χ4n) is 4.37. The molecule has 3 aromatic carbocycles. The van der Waals surface area contributed by atoms with Crippen LogP contribution in [0.4, 0.5) is 13.2 Å². The summed E-state index contributed by atoms with van der Waals surface area (Å²) in [5.74, 6) is 0. The second-order valence-electron chi connectivity index (χ2n) is 7.62. The van der Waals surface area contributed by atoms with Gasteiger partial charge < -0.3 is 4.74 Å². The first-order valence-corrected chi connectivity index (χ1v) is 9.86. The van der Waals surface area contributed by atoms with E-state index in [0.29, 0.717) is 12.0 Å². The molecule has 30 heavy (non-hydrogen) atoms. The minimum atomic E-state index is -4.37. The first-order chi connectivity index (χ1) is 14.5. The van der Waals surface area contributed by atoms with Gasteiger partial charge in [0.15, 0.2) is 0 Å². The summed E-state index contributed by atoms with van der Waals surface area (Å²) in [6.07, 6.45) is 2.14. The average Bonchev–Trinajstić information content (AvgIpc) is 2.78. The molecule has 1 aliphatic carbocycles. The normalized spacial score (nSPS) is 22.8. The van der Waals surface area contributed by atoms with Gasteiger partial charge in [-0.3, -0.25) is 0 Å². The molecule has 0 radical (unpaired) electrons. The molecule has 1 aliphatic heterocycles. The molecule has 1 heterocycles. The monoisotopic (exact) mass is 404 g/mol. The number of ether oxygens (including phenoxy) is 1. The smallest absolute Gasteiger partial charge is 0.353 e. The number of rotatable bonds is 2. The third-order valence-electron chi connectivity index (χ3n) is 5.89. The maximum absolute atomic E-state index is 13.1. The van der Waals surface area contributed by atoms with Gasteiger partial charge in [0.05, 0.1) is 5.56 Å². The summed E-state index contributed by atoms with van der Waals surface area (Å²) in [5.41, 5.74) is 3.51. The maximum atomic E-state index is 13.1. The predicted molar refractivity (Wildman–Crippen MR) is 112 cm³/mol. The molecule has 2 aliphatic rings. The number of alkyl halides is 3. The second-order valence-corrected chi connectivity index (χ2v) is 7.62. The van der Waals surface area contributed by atoms with Crippen LogP contribution in [-0.4, -0.2) is 6.10 Å². The standard InChI is InChI=1S/C26H19F3O/c27-26(28,29)21-13-11-20(12-14-21)25(19-7-2-1-3-8-19)17-16-23-22-9-5-4-6-18(22)10-15-24(23)30-25/h1-16,24H,17H2. The van der Waals surface area contributed by atoms with E-state index in [2.05, 4.69) is 18.2 Å². The van der Waals surface area contributed by atoms with Crippen molar-refractivity contribution >= 4 is 11.6 Å². The van der Waals surface area contributed by atoms with E-state index in [1.165, 1.54) is 12.1 Å². The van der Waals surface area contributed by atoms with E-state index >= 15 is 0 Å². The van der Waals surface area contributed by atoms with Gasteiger partial charge in [0, 0.05) is 6.42 Å². The van der Waals surface area contributed by atoms with E-state index in [1.54, 1.807) is 0 Å². The highest BCUT2D eigenvalue weighted by Gasteiger charge is 2.42. The van der Waals surface area contributed by atoms with Crippen molar-refractivity contribution in [2.24, 2.45) is 0 Å². The van der Waals surface area contributed by atoms with Crippen molar-refractivity contribution in [3.05, 3.63) is 119 Å². The molecule has 0 bridgehead atoms. The summed E-state index contributed by atoms with van der Waals surface area (Å²) in [7, 11) is 0. The molecule has 2 atom stereocenters. The van der Waals surface area contributed by atoms with Gasteiger partial charge in [-0.05, 0) is 40.0 Å². The molecule has 0 saturated heterocycles. The van der Waals surface area contributed by atoms with Crippen molar-refractivity contribution in [1.82, 2.24) is 0 Å². The molecule has 0 spiro atoms. The first kappa shape index (κ1) is 18.9. The zero-order valence-electron chi connectivity index (χ0n) is 16.1. The minimum Gasteiger partial charge on any atom is -0.353 e. The lowest BCUT2D eigenvalue weighted by Crippen LogP contribution is -2.38. The van der Waals surface area contributed by atoms with Crippen LogP contribution >= 0.6 is 0 Å². The Morgan fingerprint density at radius 2 is 1.47 bits per heavy atom. The minimum absolute atomic E-state index is 0.267. The molecule has 3 aromatic rings. The van der Waals surface area contributed by atoms with Crippen LogP contribution < -0.4 is 0 Å². The average molecular weight is 404 g/mol. The highest BCUT2D eigenvalue weighted by Crippen LogP contribution is 2.47. The fourth-order valence-corrected chi connectivity index (χ4v) is 4.37. The lowest BCUT2D eigenvalue weighted by atomic mass is 9.78. The SMILES string of the molecule is FC(F)(F)c1ccc(C2(c3ccccc3)CC=C3c4ccccc4C=CC3O2)cc1. The molecule has 2 unspecified atom stereocenters. The van der Waals surface area contributed by atoms with Crippen molar-refractivity contribution in [3.63, 3.8) is 0 Å². The van der Waals surface area contributed by atoms with E-state index in [1.807, 2.05) is 54.6 Å². The van der Waals surface area contributed by atoms with Crippen LogP contribution in [0.5, 0.6) is 0 Å². The Bertz CT molecular complexity index is 1130. The molecule has 150 valence electrons. The summed E-state index contributed by atoms with van der Waals surface area (Å²) in [4.78, 5) is 0. The quantitative estimate of drug-likeness (QED) is 0.454. The summed E-state index contributed by atoms with van der Waals surface area (Å²) in [6, 6.07) is 23.2. The molecular formula is C26H19F3O. The van der Waals surface area contributed by atoms with Gasteiger partial charge in [-0.25, -0.2) is 0 Å². The van der Waals surface area contributed by atoms with Crippen LogP contribution in [0.1, 0.15) is 34.2 Å². The molecule has 0 aromatic heterocycles. The molecule has 0 fully saturated rings. The van der Waals surface area contributed by atoms with Crippen LogP contribution in [0, 0.1) is 0 Å². The summed E-state index contributed by atoms with van der Waals surface area (Å²) in [6.45, 7) is 0. The molecular weight excluding hydrogens is 385 g/mol. The van der Waals surface area contributed by atoms with E-state index in [0.717, 1.165) is 34.4 Å². The van der Waals surface area contributed by atoms with Gasteiger partial charge in [-0.15, -0.1) is 0 Å². The zero-order valence-corrected chi connectivity index (χ0v) is 16.1. The summed E-state index contributed by atoms with van der Waals surface area (Å²) >= 11 is 0. The van der Waals surface area contributed by atoms with E-state index < -0.39 is 17.3 Å². The lowest BCUT2D eigenvalue weighted by Gasteiger charge is -2.42. The summed E-state index contributed by atoms with van der Waals surface area (Å²) in [5, 5.41) is 0. The van der Waals surface area contributed by atoms with Crippen molar-refractivity contribution in [1.29, 1.82) is 0 Å². The summed E-state index contributed by atoms with van der Waals surface area (Å²) < 4.78 is 46.0. The van der Waals surface area contributed by atoms with Crippen molar-refractivity contribution in [2.45, 2.75) is 24.3 Å². The Labute approximate surface area is 173 Å². The van der Waals surface area contributed by atoms with Gasteiger partial charge in [0.2, 0.25) is 0 Å². The van der Waals surface area contributed by atoms with Crippen LogP contribution in [0.3, 0.4) is 0 Å². The molecule has 0 saturated carbocycles. The van der Waals surface area contributed by atoms with Crippen LogP contribution in [0.25, 0.3) is 11.6 Å². The number of halogens is 3. The van der Waals surface area contributed by atoms with E-state index in [-0.39, 0.29) is 6.10 Å². The Kier molecular flexibility index (Phi) is 4.40. The van der Waals surface area contributed by atoms with Gasteiger partial charge in [0.25, 0.3) is 0 Å². The molecule has 4 heteroatoms. The van der Waals surface area contributed by atoms with Crippen molar-refractivity contribution < 1.29 is 17.9 Å². The van der Waals surface area contributed by atoms with E-state index in [4.69, 9.17) is 4.74 Å². The largest absolute Gasteiger partial charge is 0.416 e. The highest BCUT2D eigenvalue weighted by molar-refractivity contribution is 5.83. The van der Waals surface area contributed by atoms with E-state index in [9.17, 15) is 13.2 Å². The van der Waals surface area contributed by atoms with Crippen LogP contribution in [-0.2, 0) is 16.5 Å². The van der Waals surface area contributed by atoms with Crippen molar-refractivity contribution in [3.8, 4) is 0 Å². The fraction of sp³-hybridized carbons (Fsp3) is 0.154. The molecule has 0 N–H and O–H groups in total. The number of hydrogen-bond donors (Lipinski definition) is 0. The lowest BCUT2D eigenvalue weighted by molar-refractivity contribution is -0.137. The second kappa shape index (κ2) is 6.99. The predicted octanol–water partition coefficient (Wildman–Crippen LogP) is 6.85.